The van der Waals surface area contributed by atoms with Gasteiger partial charge in [0.1, 0.15) is 0 Å². The molecule has 1 saturated carbocycles. The van der Waals surface area contributed by atoms with Gasteiger partial charge in [0.25, 0.3) is 0 Å². The highest BCUT2D eigenvalue weighted by Gasteiger charge is 2.59. The summed E-state index contributed by atoms with van der Waals surface area (Å²) in [5.74, 6) is 1.98. The maximum atomic E-state index is 10.9. The molecule has 9 heavy (non-hydrogen) atoms. The highest BCUT2D eigenvalue weighted by atomic mass is 16.2. The van der Waals surface area contributed by atoms with E-state index in [1.807, 2.05) is 0 Å². The van der Waals surface area contributed by atoms with Crippen molar-refractivity contribution in [1.82, 2.24) is 5.32 Å². The molecule has 0 aromatic heterocycles. The van der Waals surface area contributed by atoms with Gasteiger partial charge in [0.15, 0.2) is 0 Å². The zero-order chi connectivity index (χ0) is 6.59. The second-order valence-corrected chi connectivity index (χ2v) is 3.26. The van der Waals surface area contributed by atoms with Gasteiger partial charge in [-0.1, -0.05) is 6.92 Å². The lowest BCUT2D eigenvalue weighted by Gasteiger charge is -2.06. The summed E-state index contributed by atoms with van der Waals surface area (Å²) in [5.41, 5.74) is 0. The summed E-state index contributed by atoms with van der Waals surface area (Å²) in [4.78, 5) is 10.9. The topological polar surface area (TPSA) is 29.1 Å². The summed E-state index contributed by atoms with van der Waals surface area (Å²) < 4.78 is 0. The molecule has 0 aromatic rings. The maximum absolute atomic E-state index is 10.9. The minimum atomic E-state index is 0.278. The van der Waals surface area contributed by atoms with Crippen molar-refractivity contribution in [2.24, 2.45) is 17.8 Å². The molecule has 1 N–H and O–H groups in total. The molecule has 1 amide bonds. The average molecular weight is 125 g/mol. The van der Waals surface area contributed by atoms with E-state index in [0.717, 1.165) is 0 Å². The van der Waals surface area contributed by atoms with Crippen molar-refractivity contribution in [2.75, 3.05) is 0 Å². The zero-order valence-corrected chi connectivity index (χ0v) is 5.72. The lowest BCUT2D eigenvalue weighted by Crippen LogP contribution is -2.29. The van der Waals surface area contributed by atoms with Crippen LogP contribution in [0.4, 0.5) is 0 Å². The number of carbonyl (C=O) groups is 1. The van der Waals surface area contributed by atoms with E-state index in [1.54, 1.807) is 0 Å². The minimum Gasteiger partial charge on any atom is -0.353 e. The molecule has 4 unspecified atom stereocenters. The Kier molecular flexibility index (Phi) is 0.765. The number of hydrogen-bond donors (Lipinski definition) is 1. The second-order valence-electron chi connectivity index (χ2n) is 3.26. The molecular formula is C7H11NO. The molecule has 2 heteroatoms. The van der Waals surface area contributed by atoms with Gasteiger partial charge in [-0.05, 0) is 18.8 Å². The van der Waals surface area contributed by atoms with Crippen LogP contribution in [-0.4, -0.2) is 11.9 Å². The van der Waals surface area contributed by atoms with Gasteiger partial charge in [-0.15, -0.1) is 0 Å². The molecule has 50 valence electrons. The van der Waals surface area contributed by atoms with Gasteiger partial charge in [0.05, 0.1) is 0 Å². The van der Waals surface area contributed by atoms with E-state index in [1.165, 1.54) is 0 Å². The first-order valence-corrected chi connectivity index (χ1v) is 3.52. The fourth-order valence-electron chi connectivity index (χ4n) is 2.09. The third-order valence-electron chi connectivity index (χ3n) is 2.70. The Morgan fingerprint density at radius 1 is 1.44 bits per heavy atom. The first kappa shape index (κ1) is 5.27. The second kappa shape index (κ2) is 1.31. The van der Waals surface area contributed by atoms with Crippen molar-refractivity contribution in [3.8, 4) is 0 Å². The highest BCUT2D eigenvalue weighted by molar-refractivity contribution is 5.85. The molecule has 4 atom stereocenters. The van der Waals surface area contributed by atoms with Crippen LogP contribution in [0.25, 0.3) is 0 Å². The first-order chi connectivity index (χ1) is 4.22. The molecule has 0 aromatic carbocycles. The van der Waals surface area contributed by atoms with E-state index in [2.05, 4.69) is 19.2 Å². The minimum absolute atomic E-state index is 0.278. The largest absolute Gasteiger partial charge is 0.353 e. The molecule has 2 fully saturated rings. The number of hydrogen-bond acceptors (Lipinski definition) is 1. The van der Waals surface area contributed by atoms with Crippen molar-refractivity contribution >= 4 is 5.91 Å². The van der Waals surface area contributed by atoms with Crippen LogP contribution in [0.5, 0.6) is 0 Å². The van der Waals surface area contributed by atoms with Crippen LogP contribution >= 0.6 is 0 Å². The van der Waals surface area contributed by atoms with Crippen LogP contribution < -0.4 is 5.32 Å². The number of piperidine rings is 1. The van der Waals surface area contributed by atoms with Gasteiger partial charge in [-0.2, -0.15) is 0 Å². The molecule has 0 bridgehead atoms. The average Bonchev–Trinajstić information content (AvgIpc) is 2.30. The Morgan fingerprint density at radius 3 is 2.33 bits per heavy atom. The van der Waals surface area contributed by atoms with Gasteiger partial charge < -0.3 is 5.32 Å². The third-order valence-corrected chi connectivity index (χ3v) is 2.70. The standard InChI is InChI=1S/C7H11NO/c1-3-5-4(2)8-7(9)6(3)5/h3-6H,1-2H3,(H,8,9). The van der Waals surface area contributed by atoms with Crippen molar-refractivity contribution in [3.05, 3.63) is 0 Å². The van der Waals surface area contributed by atoms with Crippen LogP contribution in [0.15, 0.2) is 0 Å². The molecule has 0 spiro atoms. The fourth-order valence-corrected chi connectivity index (χ4v) is 2.09. The molecular weight excluding hydrogens is 114 g/mol. The van der Waals surface area contributed by atoms with Gasteiger partial charge in [-0.3, -0.25) is 4.79 Å². The number of carbonyl (C=O) groups excluding carboxylic acids is 1. The monoisotopic (exact) mass is 125 g/mol. The Hall–Kier alpha value is -0.530. The van der Waals surface area contributed by atoms with E-state index in [4.69, 9.17) is 0 Å². The Bertz CT molecular complexity index is 166. The summed E-state index contributed by atoms with van der Waals surface area (Å²) in [5, 5.41) is 2.91. The SMILES string of the molecule is CC1NC(=O)C2C(C)C12. The van der Waals surface area contributed by atoms with E-state index in [9.17, 15) is 4.79 Å². The smallest absolute Gasteiger partial charge is 0.223 e. The van der Waals surface area contributed by atoms with Crippen molar-refractivity contribution in [3.63, 3.8) is 0 Å². The van der Waals surface area contributed by atoms with Crippen LogP contribution in [0, 0.1) is 17.8 Å². The molecule has 1 saturated heterocycles. The summed E-state index contributed by atoms with van der Waals surface area (Å²) in [6.45, 7) is 4.25. The summed E-state index contributed by atoms with van der Waals surface area (Å²) in [6, 6.07) is 0.442. The molecule has 2 aliphatic rings. The normalized spacial score (nSPS) is 54.7. The van der Waals surface area contributed by atoms with Crippen LogP contribution in [0.2, 0.25) is 0 Å². The van der Waals surface area contributed by atoms with Crippen molar-refractivity contribution in [2.45, 2.75) is 19.9 Å². The third kappa shape index (κ3) is 0.485. The zero-order valence-electron chi connectivity index (χ0n) is 5.72. The van der Waals surface area contributed by atoms with Crippen molar-refractivity contribution in [1.29, 1.82) is 0 Å². The highest BCUT2D eigenvalue weighted by Crippen LogP contribution is 2.51. The first-order valence-electron chi connectivity index (χ1n) is 3.52. The summed E-state index contributed by atoms with van der Waals surface area (Å²) in [6.07, 6.45) is 0. The maximum Gasteiger partial charge on any atom is 0.223 e. The van der Waals surface area contributed by atoms with E-state index in [0.29, 0.717) is 23.8 Å². The van der Waals surface area contributed by atoms with Crippen molar-refractivity contribution < 1.29 is 4.79 Å². The molecule has 2 rings (SSSR count). The van der Waals surface area contributed by atoms with Gasteiger partial charge in [0, 0.05) is 12.0 Å². The number of fused-ring (bicyclic) bond motifs is 1. The molecule has 1 aliphatic carbocycles. The number of rotatable bonds is 0. The van der Waals surface area contributed by atoms with E-state index < -0.39 is 0 Å². The lowest BCUT2D eigenvalue weighted by atomic mass is 10.2. The molecule has 1 aliphatic heterocycles. The predicted octanol–water partition coefficient (Wildman–Crippen LogP) is 0.387. The van der Waals surface area contributed by atoms with Crippen LogP contribution in [0.1, 0.15) is 13.8 Å². The fraction of sp³-hybridized carbons (Fsp3) is 0.857. The van der Waals surface area contributed by atoms with Crippen LogP contribution in [-0.2, 0) is 4.79 Å². The van der Waals surface area contributed by atoms with Crippen LogP contribution in [0.3, 0.4) is 0 Å². The quantitative estimate of drug-likeness (QED) is 0.498. The molecule has 1 heterocycles. The van der Waals surface area contributed by atoms with Gasteiger partial charge in [-0.25, -0.2) is 0 Å². The lowest BCUT2D eigenvalue weighted by molar-refractivity contribution is -0.121. The Balaban J connectivity index is 2.19. The van der Waals surface area contributed by atoms with Gasteiger partial charge in [0.2, 0.25) is 5.91 Å². The predicted molar refractivity (Wildman–Crippen MR) is 33.7 cm³/mol. The number of nitrogens with one attached hydrogen (secondary N) is 1. The molecule has 2 nitrogen and oxygen atoms in total. The summed E-state index contributed by atoms with van der Waals surface area (Å²) >= 11 is 0. The Labute approximate surface area is 54.6 Å². The summed E-state index contributed by atoms with van der Waals surface area (Å²) in [7, 11) is 0. The Morgan fingerprint density at radius 2 is 2.11 bits per heavy atom. The van der Waals surface area contributed by atoms with Gasteiger partial charge >= 0.3 is 0 Å². The van der Waals surface area contributed by atoms with E-state index in [-0.39, 0.29) is 5.91 Å². The number of amides is 1. The van der Waals surface area contributed by atoms with E-state index >= 15 is 0 Å². The molecule has 0 radical (unpaired) electrons.